The van der Waals surface area contributed by atoms with Gasteiger partial charge in [0.25, 0.3) is 5.91 Å². The van der Waals surface area contributed by atoms with E-state index in [1.54, 1.807) is 24.0 Å². The van der Waals surface area contributed by atoms with Crippen molar-refractivity contribution < 1.29 is 18.0 Å². The van der Waals surface area contributed by atoms with Gasteiger partial charge >= 0.3 is 0 Å². The third kappa shape index (κ3) is 3.12. The van der Waals surface area contributed by atoms with Gasteiger partial charge in [0.05, 0.1) is 22.9 Å². The summed E-state index contributed by atoms with van der Waals surface area (Å²) in [4.78, 5) is 19.9. The zero-order valence-corrected chi connectivity index (χ0v) is 18.4. The van der Waals surface area contributed by atoms with Crippen LogP contribution in [0.5, 0.6) is 0 Å². The molecular weight excluding hydrogens is 441 g/mol. The van der Waals surface area contributed by atoms with Crippen molar-refractivity contribution in [2.24, 2.45) is 7.05 Å². The summed E-state index contributed by atoms with van der Waals surface area (Å²) in [6.45, 7) is 0. The minimum absolute atomic E-state index is 0.0542. The summed E-state index contributed by atoms with van der Waals surface area (Å²) >= 11 is 0. The first-order valence-electron chi connectivity index (χ1n) is 11.3. The maximum Gasteiger partial charge on any atom is 0.254 e. The summed E-state index contributed by atoms with van der Waals surface area (Å²) in [5, 5.41) is 5.58. The van der Waals surface area contributed by atoms with E-state index in [2.05, 4.69) is 10.1 Å². The van der Waals surface area contributed by atoms with Crippen LogP contribution >= 0.6 is 0 Å². The Kier molecular flexibility index (Phi) is 4.72. The van der Waals surface area contributed by atoms with Gasteiger partial charge in [-0.3, -0.25) is 14.5 Å². The van der Waals surface area contributed by atoms with Gasteiger partial charge < -0.3 is 4.90 Å². The SMILES string of the molecule is Cn1nc2c(c1-c1cc(F)c(F)c(F)c1)C[C@@H]1CCC[C@H]2N1C(=O)c1ccc2ncccc2c1. The molecule has 0 saturated carbocycles. The average molecular weight is 462 g/mol. The van der Waals surface area contributed by atoms with Gasteiger partial charge in [-0.05, 0) is 62.1 Å². The lowest BCUT2D eigenvalue weighted by molar-refractivity contribution is 0.0392. The van der Waals surface area contributed by atoms with E-state index in [0.717, 1.165) is 53.6 Å². The molecule has 1 fully saturated rings. The second-order valence-electron chi connectivity index (χ2n) is 9.02. The summed E-state index contributed by atoms with van der Waals surface area (Å²) in [6, 6.07) is 11.0. The fraction of sp³-hybridized carbons (Fsp3) is 0.269. The molecule has 4 aromatic rings. The maximum atomic E-state index is 14.0. The summed E-state index contributed by atoms with van der Waals surface area (Å²) in [5.41, 5.74) is 3.85. The van der Waals surface area contributed by atoms with Crippen LogP contribution in [0.25, 0.3) is 22.2 Å². The third-order valence-electron chi connectivity index (χ3n) is 7.02. The molecular formula is C26H21F3N4O. The number of carbonyl (C=O) groups excluding carboxylic acids is 1. The van der Waals surface area contributed by atoms with Crippen LogP contribution < -0.4 is 0 Å². The van der Waals surface area contributed by atoms with Gasteiger partial charge in [0.15, 0.2) is 17.5 Å². The van der Waals surface area contributed by atoms with E-state index in [-0.39, 0.29) is 23.6 Å². The van der Waals surface area contributed by atoms with Crippen molar-refractivity contribution in [2.45, 2.75) is 37.8 Å². The minimum Gasteiger partial charge on any atom is -0.327 e. The predicted octanol–water partition coefficient (Wildman–Crippen LogP) is 5.34. The molecule has 6 rings (SSSR count). The molecule has 34 heavy (non-hydrogen) atoms. The number of halogens is 3. The number of hydrogen-bond donors (Lipinski definition) is 0. The molecule has 0 unspecified atom stereocenters. The molecule has 2 aliphatic heterocycles. The summed E-state index contributed by atoms with van der Waals surface area (Å²) < 4.78 is 43.1. The fourth-order valence-corrected chi connectivity index (χ4v) is 5.56. The predicted molar refractivity (Wildman–Crippen MR) is 121 cm³/mol. The monoisotopic (exact) mass is 462 g/mol. The van der Waals surface area contributed by atoms with Crippen LogP contribution in [0.2, 0.25) is 0 Å². The van der Waals surface area contributed by atoms with Gasteiger partial charge in [0.2, 0.25) is 0 Å². The molecule has 2 bridgehead atoms. The number of hydrogen-bond acceptors (Lipinski definition) is 3. The van der Waals surface area contributed by atoms with Crippen LogP contribution in [-0.4, -0.2) is 31.6 Å². The Labute approximate surface area is 193 Å². The van der Waals surface area contributed by atoms with Crippen molar-refractivity contribution >= 4 is 16.8 Å². The van der Waals surface area contributed by atoms with Crippen molar-refractivity contribution in [3.63, 3.8) is 0 Å². The Balaban J connectivity index is 1.42. The number of aromatic nitrogens is 3. The average Bonchev–Trinajstić information content (AvgIpc) is 3.16. The lowest BCUT2D eigenvalue weighted by Crippen LogP contribution is -2.49. The molecule has 1 saturated heterocycles. The second-order valence-corrected chi connectivity index (χ2v) is 9.02. The highest BCUT2D eigenvalue weighted by Gasteiger charge is 2.43. The van der Waals surface area contributed by atoms with E-state index in [9.17, 15) is 18.0 Å². The molecule has 172 valence electrons. The molecule has 0 N–H and O–H groups in total. The molecule has 8 heteroatoms. The van der Waals surface area contributed by atoms with E-state index in [1.165, 1.54) is 0 Å². The highest BCUT2D eigenvalue weighted by Crippen LogP contribution is 2.45. The van der Waals surface area contributed by atoms with Gasteiger partial charge in [-0.1, -0.05) is 6.07 Å². The number of aryl methyl sites for hydroxylation is 1. The quantitative estimate of drug-likeness (QED) is 0.378. The fourth-order valence-electron chi connectivity index (χ4n) is 5.56. The van der Waals surface area contributed by atoms with Gasteiger partial charge in [-0.25, -0.2) is 13.2 Å². The van der Waals surface area contributed by atoms with Crippen molar-refractivity contribution in [1.82, 2.24) is 19.7 Å². The van der Waals surface area contributed by atoms with Gasteiger partial charge in [-0.15, -0.1) is 0 Å². The van der Waals surface area contributed by atoms with E-state index in [4.69, 9.17) is 0 Å². The number of carbonyl (C=O) groups is 1. The molecule has 2 aromatic heterocycles. The molecule has 0 spiro atoms. The number of nitrogens with zero attached hydrogens (tertiary/aromatic N) is 4. The van der Waals surface area contributed by atoms with Gasteiger partial charge in [-0.2, -0.15) is 5.10 Å². The molecule has 2 aliphatic rings. The molecule has 2 aromatic carbocycles. The molecule has 4 heterocycles. The molecule has 5 nitrogen and oxygen atoms in total. The number of fused-ring (bicyclic) bond motifs is 5. The van der Waals surface area contributed by atoms with Crippen LogP contribution in [-0.2, 0) is 13.5 Å². The van der Waals surface area contributed by atoms with Crippen LogP contribution in [0.1, 0.15) is 46.9 Å². The number of piperidine rings is 1. The van der Waals surface area contributed by atoms with Gasteiger partial charge in [0, 0.05) is 41.4 Å². The zero-order chi connectivity index (χ0) is 23.6. The van der Waals surface area contributed by atoms with E-state index < -0.39 is 17.5 Å². The molecule has 1 amide bonds. The lowest BCUT2D eigenvalue weighted by Gasteiger charge is -2.45. The zero-order valence-electron chi connectivity index (χ0n) is 18.4. The first-order valence-corrected chi connectivity index (χ1v) is 11.3. The highest BCUT2D eigenvalue weighted by atomic mass is 19.2. The molecule has 2 atom stereocenters. The second kappa shape index (κ2) is 7.68. The van der Waals surface area contributed by atoms with Gasteiger partial charge in [0.1, 0.15) is 0 Å². The van der Waals surface area contributed by atoms with Crippen LogP contribution in [0.4, 0.5) is 13.2 Å². The molecule has 0 aliphatic carbocycles. The molecule has 0 radical (unpaired) electrons. The first kappa shape index (κ1) is 20.9. The van der Waals surface area contributed by atoms with Crippen molar-refractivity contribution in [2.75, 3.05) is 0 Å². The number of amides is 1. The Morgan fingerprint density at radius 2 is 1.85 bits per heavy atom. The normalized spacial score (nSPS) is 19.4. The van der Waals surface area contributed by atoms with Crippen LogP contribution in [0.3, 0.4) is 0 Å². The number of rotatable bonds is 2. The Bertz CT molecular complexity index is 1440. The van der Waals surface area contributed by atoms with Crippen molar-refractivity contribution in [3.05, 3.63) is 82.9 Å². The topological polar surface area (TPSA) is 51.0 Å². The maximum absolute atomic E-state index is 14.0. The van der Waals surface area contributed by atoms with Crippen molar-refractivity contribution in [1.29, 1.82) is 0 Å². The number of benzene rings is 2. The summed E-state index contributed by atoms with van der Waals surface area (Å²) in [7, 11) is 1.71. The Hall–Kier alpha value is -3.68. The minimum atomic E-state index is -1.49. The Morgan fingerprint density at radius 1 is 1.06 bits per heavy atom. The number of pyridine rings is 1. The van der Waals surface area contributed by atoms with Crippen LogP contribution in [0, 0.1) is 17.5 Å². The summed E-state index contributed by atoms with van der Waals surface area (Å²) in [6.07, 6.45) is 4.80. The highest BCUT2D eigenvalue weighted by molar-refractivity contribution is 5.98. The summed E-state index contributed by atoms with van der Waals surface area (Å²) in [5.74, 6) is -4.01. The third-order valence-corrected chi connectivity index (χ3v) is 7.02. The van der Waals surface area contributed by atoms with E-state index in [0.29, 0.717) is 17.7 Å². The van der Waals surface area contributed by atoms with E-state index >= 15 is 0 Å². The largest absolute Gasteiger partial charge is 0.327 e. The standard InChI is InChI=1S/C26H21F3N4O/c1-32-25(16-11-19(27)23(29)20(28)12-16)18-13-17-5-2-6-22(24(18)31-32)33(17)26(34)15-7-8-21-14(10-15)4-3-9-30-21/h3-4,7-12,17,22H,2,5-6,13H2,1H3/t17-,22+/m0/s1. The smallest absolute Gasteiger partial charge is 0.254 e. The van der Waals surface area contributed by atoms with Crippen LogP contribution in [0.15, 0.2) is 48.7 Å². The van der Waals surface area contributed by atoms with Crippen molar-refractivity contribution in [3.8, 4) is 11.3 Å². The first-order chi connectivity index (χ1) is 16.4. The Morgan fingerprint density at radius 3 is 2.65 bits per heavy atom. The van der Waals surface area contributed by atoms with E-state index in [1.807, 2.05) is 29.2 Å². The lowest BCUT2D eigenvalue weighted by atomic mass is 9.81.